The van der Waals surface area contributed by atoms with E-state index in [-0.39, 0.29) is 17.9 Å². The smallest absolute Gasteiger partial charge is 0.149 e. The summed E-state index contributed by atoms with van der Waals surface area (Å²) in [6.45, 7) is 10.0. The maximum atomic E-state index is 12.2. The van der Waals surface area contributed by atoms with E-state index in [1.165, 1.54) is 51.4 Å². The van der Waals surface area contributed by atoms with Gasteiger partial charge in [0.1, 0.15) is 5.78 Å². The van der Waals surface area contributed by atoms with Gasteiger partial charge in [-0.15, -0.1) is 0 Å². The monoisotopic (exact) mass is 384 g/mol. The molecule has 0 amide bonds. The van der Waals surface area contributed by atoms with Crippen molar-refractivity contribution < 1.29 is 9.90 Å². The zero-order valence-electron chi connectivity index (χ0n) is 18.6. The first-order chi connectivity index (χ1) is 13.0. The number of aliphatic hydroxyl groups is 1. The van der Waals surface area contributed by atoms with Crippen LogP contribution in [0.25, 0.3) is 0 Å². The lowest BCUT2D eigenvalue weighted by Gasteiger charge is -2.22. The fourth-order valence-electron chi connectivity index (χ4n) is 3.42. The molecule has 0 spiro atoms. The molecule has 162 valence electrons. The maximum Gasteiger partial charge on any atom is 0.149 e. The lowest BCUT2D eigenvalue weighted by Crippen LogP contribution is -2.33. The van der Waals surface area contributed by atoms with Crippen molar-refractivity contribution in [3.63, 3.8) is 0 Å². The summed E-state index contributed by atoms with van der Waals surface area (Å²) >= 11 is 0. The zero-order chi connectivity index (χ0) is 20.3. The van der Waals surface area contributed by atoms with E-state index in [4.69, 9.17) is 5.73 Å². The standard InChI is InChI=1S/C23H48N2O2/c1-4-7-10-11-12-14-21(26)16-17-23(27)22(24)15-13-20-25(18-8-5-2)19-9-6-3/h21-22,26H,4-20,24H2,1-3H3. The highest BCUT2D eigenvalue weighted by molar-refractivity contribution is 5.83. The number of nitrogens with zero attached hydrogens (tertiary/aromatic N) is 1. The Bertz CT molecular complexity index is 328. The van der Waals surface area contributed by atoms with E-state index >= 15 is 0 Å². The Hall–Kier alpha value is -0.450. The molecule has 3 N–H and O–H groups in total. The van der Waals surface area contributed by atoms with Crippen LogP contribution in [-0.2, 0) is 4.79 Å². The number of nitrogens with two attached hydrogens (primary N) is 1. The van der Waals surface area contributed by atoms with Crippen LogP contribution in [0.5, 0.6) is 0 Å². The summed E-state index contributed by atoms with van der Waals surface area (Å²) < 4.78 is 0. The fraction of sp³-hybridized carbons (Fsp3) is 0.957. The van der Waals surface area contributed by atoms with Gasteiger partial charge >= 0.3 is 0 Å². The van der Waals surface area contributed by atoms with Gasteiger partial charge in [0, 0.05) is 6.42 Å². The molecule has 27 heavy (non-hydrogen) atoms. The van der Waals surface area contributed by atoms with Crippen molar-refractivity contribution in [2.24, 2.45) is 5.73 Å². The van der Waals surface area contributed by atoms with Crippen molar-refractivity contribution in [3.05, 3.63) is 0 Å². The second-order valence-corrected chi connectivity index (χ2v) is 8.16. The zero-order valence-corrected chi connectivity index (χ0v) is 18.6. The van der Waals surface area contributed by atoms with Crippen molar-refractivity contribution >= 4 is 5.78 Å². The third-order valence-corrected chi connectivity index (χ3v) is 5.42. The molecule has 0 aromatic carbocycles. The quantitative estimate of drug-likeness (QED) is 0.288. The number of unbranched alkanes of at least 4 members (excludes halogenated alkanes) is 6. The molecule has 0 aliphatic carbocycles. The van der Waals surface area contributed by atoms with E-state index in [2.05, 4.69) is 25.7 Å². The van der Waals surface area contributed by atoms with Crippen molar-refractivity contribution in [1.29, 1.82) is 0 Å². The van der Waals surface area contributed by atoms with E-state index in [9.17, 15) is 9.90 Å². The SMILES string of the molecule is CCCCCCCC(O)CCC(=O)C(N)CCCN(CCCC)CCCC. The predicted molar refractivity (Wildman–Crippen MR) is 117 cm³/mol. The summed E-state index contributed by atoms with van der Waals surface area (Å²) in [4.78, 5) is 14.8. The van der Waals surface area contributed by atoms with E-state index in [0.29, 0.717) is 12.8 Å². The van der Waals surface area contributed by atoms with Crippen molar-refractivity contribution in [2.75, 3.05) is 19.6 Å². The van der Waals surface area contributed by atoms with Gasteiger partial charge in [-0.3, -0.25) is 4.79 Å². The van der Waals surface area contributed by atoms with Gasteiger partial charge in [0.25, 0.3) is 0 Å². The Morgan fingerprint density at radius 1 is 0.778 bits per heavy atom. The van der Waals surface area contributed by atoms with Gasteiger partial charge in [-0.1, -0.05) is 65.7 Å². The summed E-state index contributed by atoms with van der Waals surface area (Å²) in [5.74, 6) is 0.119. The third-order valence-electron chi connectivity index (χ3n) is 5.42. The van der Waals surface area contributed by atoms with Gasteiger partial charge in [0.2, 0.25) is 0 Å². The number of carbonyl (C=O) groups is 1. The molecule has 2 atom stereocenters. The van der Waals surface area contributed by atoms with Gasteiger partial charge in [0.15, 0.2) is 0 Å². The van der Waals surface area contributed by atoms with Crippen LogP contribution in [0.15, 0.2) is 0 Å². The number of hydrogen-bond donors (Lipinski definition) is 2. The van der Waals surface area contributed by atoms with Gasteiger partial charge in [-0.25, -0.2) is 0 Å². The van der Waals surface area contributed by atoms with Crippen LogP contribution in [0.4, 0.5) is 0 Å². The third kappa shape index (κ3) is 16.2. The highest BCUT2D eigenvalue weighted by Crippen LogP contribution is 2.12. The van der Waals surface area contributed by atoms with Crippen LogP contribution in [0.2, 0.25) is 0 Å². The summed E-state index contributed by atoms with van der Waals surface area (Å²) in [7, 11) is 0. The number of Topliss-reactive ketones (excluding diaryl/α,β-unsaturated/α-hetero) is 1. The molecule has 4 heteroatoms. The van der Waals surface area contributed by atoms with Crippen LogP contribution >= 0.6 is 0 Å². The average Bonchev–Trinajstić information content (AvgIpc) is 2.67. The Kier molecular flexibility index (Phi) is 18.6. The molecule has 0 heterocycles. The molecule has 0 aromatic rings. The van der Waals surface area contributed by atoms with Crippen LogP contribution in [-0.4, -0.2) is 47.6 Å². The molecular formula is C23H48N2O2. The molecule has 0 saturated carbocycles. The Morgan fingerprint density at radius 3 is 1.93 bits per heavy atom. The van der Waals surface area contributed by atoms with Crippen LogP contribution < -0.4 is 5.73 Å². The number of hydrogen-bond acceptors (Lipinski definition) is 4. The molecule has 0 fully saturated rings. The Morgan fingerprint density at radius 2 is 1.33 bits per heavy atom. The minimum Gasteiger partial charge on any atom is -0.393 e. The lowest BCUT2D eigenvalue weighted by molar-refractivity contribution is -0.121. The summed E-state index contributed by atoms with van der Waals surface area (Å²) in [6.07, 6.45) is 14.2. The minimum absolute atomic E-state index is 0.119. The van der Waals surface area contributed by atoms with E-state index < -0.39 is 0 Å². The molecule has 2 unspecified atom stereocenters. The highest BCUT2D eigenvalue weighted by atomic mass is 16.3. The van der Waals surface area contributed by atoms with Gasteiger partial charge in [-0.05, 0) is 58.2 Å². The first-order valence-corrected chi connectivity index (χ1v) is 11.7. The lowest BCUT2D eigenvalue weighted by atomic mass is 9.99. The summed E-state index contributed by atoms with van der Waals surface area (Å²) in [5, 5.41) is 10.1. The van der Waals surface area contributed by atoms with E-state index in [1.807, 2.05) is 0 Å². The van der Waals surface area contributed by atoms with Gasteiger partial charge in [0.05, 0.1) is 12.1 Å². The van der Waals surface area contributed by atoms with Crippen LogP contribution in [0.3, 0.4) is 0 Å². The van der Waals surface area contributed by atoms with Crippen LogP contribution in [0.1, 0.15) is 111 Å². The van der Waals surface area contributed by atoms with Crippen LogP contribution in [0, 0.1) is 0 Å². The maximum absolute atomic E-state index is 12.2. The second-order valence-electron chi connectivity index (χ2n) is 8.16. The topological polar surface area (TPSA) is 66.6 Å². The van der Waals surface area contributed by atoms with Gasteiger partial charge < -0.3 is 15.7 Å². The molecule has 0 aliphatic rings. The Balaban J connectivity index is 3.88. The molecule has 0 aliphatic heterocycles. The largest absolute Gasteiger partial charge is 0.393 e. The molecule has 0 aromatic heterocycles. The molecule has 0 radical (unpaired) electrons. The number of aliphatic hydroxyl groups excluding tert-OH is 1. The molecule has 0 rings (SSSR count). The van der Waals surface area contributed by atoms with Crippen molar-refractivity contribution in [3.8, 4) is 0 Å². The molecule has 4 nitrogen and oxygen atoms in total. The first kappa shape index (κ1) is 26.6. The average molecular weight is 385 g/mol. The molecule has 0 saturated heterocycles. The van der Waals surface area contributed by atoms with E-state index in [0.717, 1.165) is 45.3 Å². The van der Waals surface area contributed by atoms with E-state index in [1.54, 1.807) is 0 Å². The molecular weight excluding hydrogens is 336 g/mol. The van der Waals surface area contributed by atoms with Crippen molar-refractivity contribution in [1.82, 2.24) is 4.90 Å². The second kappa shape index (κ2) is 18.9. The summed E-state index contributed by atoms with van der Waals surface area (Å²) in [5.41, 5.74) is 6.10. The minimum atomic E-state index is -0.360. The summed E-state index contributed by atoms with van der Waals surface area (Å²) in [6, 6.07) is -0.360. The fourth-order valence-corrected chi connectivity index (χ4v) is 3.42. The number of carbonyl (C=O) groups excluding carboxylic acids is 1. The number of rotatable bonds is 20. The Labute approximate surface area is 169 Å². The van der Waals surface area contributed by atoms with Gasteiger partial charge in [-0.2, -0.15) is 0 Å². The molecule has 0 bridgehead atoms. The van der Waals surface area contributed by atoms with Crippen molar-refractivity contribution in [2.45, 2.75) is 123 Å². The predicted octanol–water partition coefficient (Wildman–Crippen LogP) is 5.07. The first-order valence-electron chi connectivity index (χ1n) is 11.7. The highest BCUT2D eigenvalue weighted by Gasteiger charge is 2.15. The normalized spacial score (nSPS) is 13.9. The number of ketones is 1.